The van der Waals surface area contributed by atoms with Crippen molar-refractivity contribution in [3.8, 4) is 0 Å². The largest absolute Gasteiger partial charge is 0.355 e. The Morgan fingerprint density at radius 1 is 1.33 bits per heavy atom. The van der Waals surface area contributed by atoms with E-state index in [1.54, 1.807) is 0 Å². The first-order chi connectivity index (χ1) is 8.42. The summed E-state index contributed by atoms with van der Waals surface area (Å²) in [5.41, 5.74) is 2.12. The number of hydrogen-bond acceptors (Lipinski definition) is 3. The van der Waals surface area contributed by atoms with Crippen molar-refractivity contribution in [3.05, 3.63) is 24.3 Å². The van der Waals surface area contributed by atoms with Crippen molar-refractivity contribution in [2.45, 2.75) is 12.8 Å². The molecule has 2 aromatic rings. The Morgan fingerprint density at radius 2 is 2.22 bits per heavy atom. The van der Waals surface area contributed by atoms with Gasteiger partial charge in [-0.25, -0.2) is 4.98 Å². The van der Waals surface area contributed by atoms with Gasteiger partial charge in [0, 0.05) is 6.54 Å². The van der Waals surface area contributed by atoms with E-state index in [0.717, 1.165) is 36.0 Å². The quantitative estimate of drug-likeness (QED) is 0.800. The maximum Gasteiger partial charge on any atom is 0.201 e. The molecule has 0 amide bonds. The summed E-state index contributed by atoms with van der Waals surface area (Å²) in [7, 11) is 0. The van der Waals surface area contributed by atoms with Crippen LogP contribution in [0.15, 0.2) is 24.3 Å². The standard InChI is InChI=1S/C13H18N4.ClH/c1-2-6-12-11(5-1)16-13(17-12)15-9-10-4-3-7-14-8-10;/h1-2,5-6,10,14H,3-4,7-9H2,(H2,15,16,17);1H. The number of para-hydroxylation sites is 2. The molecule has 0 aliphatic carbocycles. The highest BCUT2D eigenvalue weighted by Crippen LogP contribution is 2.15. The molecule has 1 aromatic carbocycles. The number of H-pyrrole nitrogens is 1. The van der Waals surface area contributed by atoms with Crippen molar-refractivity contribution in [2.24, 2.45) is 5.92 Å². The van der Waals surface area contributed by atoms with Gasteiger partial charge in [-0.3, -0.25) is 0 Å². The molecule has 1 fully saturated rings. The van der Waals surface area contributed by atoms with Gasteiger partial charge < -0.3 is 15.6 Å². The van der Waals surface area contributed by atoms with Crippen molar-refractivity contribution in [1.29, 1.82) is 0 Å². The molecule has 1 unspecified atom stereocenters. The summed E-state index contributed by atoms with van der Waals surface area (Å²) < 4.78 is 0. The molecular formula is C13H19ClN4. The Morgan fingerprint density at radius 3 is 3.00 bits per heavy atom. The van der Waals surface area contributed by atoms with Crippen LogP contribution in [0.25, 0.3) is 11.0 Å². The number of hydrogen-bond donors (Lipinski definition) is 3. The summed E-state index contributed by atoms with van der Waals surface area (Å²) >= 11 is 0. The summed E-state index contributed by atoms with van der Waals surface area (Å²) in [5.74, 6) is 1.61. The van der Waals surface area contributed by atoms with E-state index < -0.39 is 0 Å². The van der Waals surface area contributed by atoms with Crippen molar-refractivity contribution < 1.29 is 0 Å². The first-order valence-electron chi connectivity index (χ1n) is 6.31. The zero-order valence-electron chi connectivity index (χ0n) is 10.3. The van der Waals surface area contributed by atoms with E-state index in [9.17, 15) is 0 Å². The number of halogens is 1. The molecule has 0 bridgehead atoms. The lowest BCUT2D eigenvalue weighted by Gasteiger charge is -2.22. The Bertz CT molecular complexity index is 457. The van der Waals surface area contributed by atoms with Crippen LogP contribution in [0, 0.1) is 5.92 Å². The molecule has 1 aliphatic heterocycles. The third kappa shape index (κ3) is 2.94. The molecular weight excluding hydrogens is 248 g/mol. The number of anilines is 1. The first-order valence-corrected chi connectivity index (χ1v) is 6.31. The van der Waals surface area contributed by atoms with Gasteiger partial charge >= 0.3 is 0 Å². The molecule has 1 aromatic heterocycles. The smallest absolute Gasteiger partial charge is 0.201 e. The molecule has 4 nitrogen and oxygen atoms in total. The van der Waals surface area contributed by atoms with Gasteiger partial charge in [0.2, 0.25) is 5.95 Å². The highest BCUT2D eigenvalue weighted by Gasteiger charge is 2.12. The molecule has 1 aliphatic rings. The Labute approximate surface area is 113 Å². The lowest BCUT2D eigenvalue weighted by molar-refractivity contribution is 0.392. The average Bonchev–Trinajstić information content (AvgIpc) is 2.80. The fraction of sp³-hybridized carbons (Fsp3) is 0.462. The maximum atomic E-state index is 4.51. The van der Waals surface area contributed by atoms with Crippen LogP contribution in [0.5, 0.6) is 0 Å². The Balaban J connectivity index is 0.00000120. The first kappa shape index (κ1) is 13.2. The summed E-state index contributed by atoms with van der Waals surface area (Å²) in [5, 5.41) is 6.82. The summed E-state index contributed by atoms with van der Waals surface area (Å²) in [6.07, 6.45) is 2.59. The molecule has 98 valence electrons. The number of aromatic amines is 1. The molecule has 0 spiro atoms. The van der Waals surface area contributed by atoms with E-state index in [4.69, 9.17) is 0 Å². The topological polar surface area (TPSA) is 52.7 Å². The van der Waals surface area contributed by atoms with E-state index in [1.165, 1.54) is 19.4 Å². The predicted octanol–water partition coefficient (Wildman–Crippen LogP) is 2.40. The van der Waals surface area contributed by atoms with Crippen molar-refractivity contribution in [1.82, 2.24) is 15.3 Å². The van der Waals surface area contributed by atoms with Gasteiger partial charge in [-0.1, -0.05) is 12.1 Å². The molecule has 2 heterocycles. The van der Waals surface area contributed by atoms with Crippen LogP contribution in [0.1, 0.15) is 12.8 Å². The molecule has 3 N–H and O–H groups in total. The highest BCUT2D eigenvalue weighted by atomic mass is 35.5. The molecule has 0 saturated carbocycles. The van der Waals surface area contributed by atoms with Gasteiger partial charge in [-0.15, -0.1) is 12.4 Å². The highest BCUT2D eigenvalue weighted by molar-refractivity contribution is 5.85. The lowest BCUT2D eigenvalue weighted by Crippen LogP contribution is -2.33. The number of rotatable bonds is 3. The normalized spacial score (nSPS) is 19.4. The molecule has 5 heteroatoms. The third-order valence-corrected chi connectivity index (χ3v) is 3.35. The van der Waals surface area contributed by atoms with Gasteiger partial charge in [-0.2, -0.15) is 0 Å². The molecule has 18 heavy (non-hydrogen) atoms. The van der Waals surface area contributed by atoms with E-state index in [-0.39, 0.29) is 12.4 Å². The number of aromatic nitrogens is 2. The van der Waals surface area contributed by atoms with Crippen LogP contribution in [-0.2, 0) is 0 Å². The van der Waals surface area contributed by atoms with Crippen LogP contribution in [0.3, 0.4) is 0 Å². The van der Waals surface area contributed by atoms with Crippen LogP contribution < -0.4 is 10.6 Å². The van der Waals surface area contributed by atoms with Crippen molar-refractivity contribution in [2.75, 3.05) is 25.0 Å². The number of fused-ring (bicyclic) bond motifs is 1. The number of imidazole rings is 1. The van der Waals surface area contributed by atoms with Crippen LogP contribution in [-0.4, -0.2) is 29.6 Å². The fourth-order valence-electron chi connectivity index (χ4n) is 2.38. The third-order valence-electron chi connectivity index (χ3n) is 3.35. The minimum atomic E-state index is 0. The monoisotopic (exact) mass is 266 g/mol. The summed E-state index contributed by atoms with van der Waals surface area (Å²) in [4.78, 5) is 7.80. The van der Waals surface area contributed by atoms with Gasteiger partial charge in [0.05, 0.1) is 11.0 Å². The predicted molar refractivity (Wildman–Crippen MR) is 77.4 cm³/mol. The van der Waals surface area contributed by atoms with E-state index in [0.29, 0.717) is 0 Å². The minimum absolute atomic E-state index is 0. The summed E-state index contributed by atoms with van der Waals surface area (Å²) in [6.45, 7) is 3.28. The number of piperidine rings is 1. The van der Waals surface area contributed by atoms with Gasteiger partial charge in [0.25, 0.3) is 0 Å². The van der Waals surface area contributed by atoms with Crippen molar-refractivity contribution >= 4 is 29.4 Å². The molecule has 1 atom stereocenters. The maximum absolute atomic E-state index is 4.51. The Hall–Kier alpha value is -1.26. The minimum Gasteiger partial charge on any atom is -0.355 e. The van der Waals surface area contributed by atoms with Crippen molar-refractivity contribution in [3.63, 3.8) is 0 Å². The SMILES string of the molecule is Cl.c1ccc2[nH]c(NCC3CCCNC3)nc2c1. The van der Waals surface area contributed by atoms with Gasteiger partial charge in [0.15, 0.2) is 0 Å². The molecule has 1 saturated heterocycles. The second-order valence-electron chi connectivity index (χ2n) is 4.70. The van der Waals surface area contributed by atoms with E-state index >= 15 is 0 Å². The fourth-order valence-corrected chi connectivity index (χ4v) is 2.38. The second kappa shape index (κ2) is 6.07. The average molecular weight is 267 g/mol. The second-order valence-corrected chi connectivity index (χ2v) is 4.70. The number of benzene rings is 1. The van der Waals surface area contributed by atoms with Gasteiger partial charge in [0.1, 0.15) is 0 Å². The van der Waals surface area contributed by atoms with E-state index in [2.05, 4.69) is 26.7 Å². The van der Waals surface area contributed by atoms with Crippen LogP contribution in [0.4, 0.5) is 5.95 Å². The Kier molecular flexibility index (Phi) is 4.44. The van der Waals surface area contributed by atoms with E-state index in [1.807, 2.05) is 18.2 Å². The lowest BCUT2D eigenvalue weighted by atomic mass is 10.00. The number of nitrogens with zero attached hydrogens (tertiary/aromatic N) is 1. The summed E-state index contributed by atoms with van der Waals surface area (Å²) in [6, 6.07) is 8.11. The van der Waals surface area contributed by atoms with Gasteiger partial charge in [-0.05, 0) is 44.0 Å². The molecule has 0 radical (unpaired) electrons. The molecule has 3 rings (SSSR count). The number of nitrogens with one attached hydrogen (secondary N) is 3. The van der Waals surface area contributed by atoms with Crippen LogP contribution >= 0.6 is 12.4 Å². The van der Waals surface area contributed by atoms with Crippen LogP contribution in [0.2, 0.25) is 0 Å². The zero-order chi connectivity index (χ0) is 11.5. The zero-order valence-corrected chi connectivity index (χ0v) is 11.1.